The highest BCUT2D eigenvalue weighted by Crippen LogP contribution is 2.15. The fraction of sp³-hybridized carbons (Fsp3) is 0.357. The SMILES string of the molecule is C=CCOCCN(C)c1cccc(CC(=O)O)c1. The maximum atomic E-state index is 10.7. The Morgan fingerprint density at radius 2 is 2.33 bits per heavy atom. The summed E-state index contributed by atoms with van der Waals surface area (Å²) in [5, 5.41) is 8.75. The van der Waals surface area contributed by atoms with E-state index in [4.69, 9.17) is 9.84 Å². The zero-order valence-electron chi connectivity index (χ0n) is 10.6. The van der Waals surface area contributed by atoms with E-state index in [-0.39, 0.29) is 6.42 Å². The Morgan fingerprint density at radius 3 is 3.00 bits per heavy atom. The van der Waals surface area contributed by atoms with Gasteiger partial charge in [-0.1, -0.05) is 18.2 Å². The lowest BCUT2D eigenvalue weighted by Gasteiger charge is -2.19. The van der Waals surface area contributed by atoms with Crippen molar-refractivity contribution in [1.82, 2.24) is 0 Å². The summed E-state index contributed by atoms with van der Waals surface area (Å²) in [6, 6.07) is 7.54. The van der Waals surface area contributed by atoms with Gasteiger partial charge in [-0.3, -0.25) is 4.79 Å². The summed E-state index contributed by atoms with van der Waals surface area (Å²) in [6.45, 7) is 5.50. The third-order valence-electron chi connectivity index (χ3n) is 2.51. The van der Waals surface area contributed by atoms with Gasteiger partial charge in [0.05, 0.1) is 19.6 Å². The predicted molar refractivity (Wildman–Crippen MR) is 72.1 cm³/mol. The Kier molecular flexibility index (Phi) is 5.94. The number of aliphatic carboxylic acids is 1. The molecular weight excluding hydrogens is 230 g/mol. The summed E-state index contributed by atoms with van der Waals surface area (Å²) in [5.74, 6) is -0.816. The number of carboxylic acid groups (broad SMARTS) is 1. The second-order valence-corrected chi connectivity index (χ2v) is 4.03. The molecule has 0 aliphatic carbocycles. The summed E-state index contributed by atoms with van der Waals surface area (Å²) < 4.78 is 5.32. The number of rotatable bonds is 8. The van der Waals surface area contributed by atoms with Crippen molar-refractivity contribution in [1.29, 1.82) is 0 Å². The fourth-order valence-electron chi connectivity index (χ4n) is 1.58. The molecule has 0 aromatic heterocycles. The van der Waals surface area contributed by atoms with Crippen LogP contribution in [0.15, 0.2) is 36.9 Å². The Morgan fingerprint density at radius 1 is 1.56 bits per heavy atom. The monoisotopic (exact) mass is 249 g/mol. The van der Waals surface area contributed by atoms with E-state index >= 15 is 0 Å². The Balaban J connectivity index is 2.53. The zero-order valence-corrected chi connectivity index (χ0v) is 10.6. The largest absolute Gasteiger partial charge is 0.481 e. The summed E-state index contributed by atoms with van der Waals surface area (Å²) in [6.07, 6.45) is 1.77. The van der Waals surface area contributed by atoms with Gasteiger partial charge in [0.1, 0.15) is 0 Å². The number of carboxylic acids is 1. The predicted octanol–water partition coefficient (Wildman–Crippen LogP) is 1.95. The number of hydrogen-bond acceptors (Lipinski definition) is 3. The molecule has 0 aliphatic heterocycles. The van der Waals surface area contributed by atoms with Gasteiger partial charge >= 0.3 is 5.97 Å². The highest BCUT2D eigenvalue weighted by atomic mass is 16.5. The van der Waals surface area contributed by atoms with Gasteiger partial charge in [-0.15, -0.1) is 6.58 Å². The van der Waals surface area contributed by atoms with E-state index in [1.54, 1.807) is 6.08 Å². The Labute approximate surface area is 107 Å². The number of nitrogens with zero attached hydrogens (tertiary/aromatic N) is 1. The molecule has 0 atom stereocenters. The molecule has 0 unspecified atom stereocenters. The van der Waals surface area contributed by atoms with Crippen molar-refractivity contribution < 1.29 is 14.6 Å². The molecule has 4 nitrogen and oxygen atoms in total. The van der Waals surface area contributed by atoms with Gasteiger partial charge in [-0.25, -0.2) is 0 Å². The van der Waals surface area contributed by atoms with Crippen LogP contribution in [0.25, 0.3) is 0 Å². The first kappa shape index (κ1) is 14.3. The minimum absolute atomic E-state index is 0.0502. The molecular formula is C14H19NO3. The molecule has 0 bridgehead atoms. The van der Waals surface area contributed by atoms with Crippen LogP contribution in [0.2, 0.25) is 0 Å². The van der Waals surface area contributed by atoms with Gasteiger partial charge in [0.15, 0.2) is 0 Å². The number of likely N-dealkylation sites (N-methyl/N-ethyl adjacent to an activating group) is 1. The molecule has 0 aliphatic rings. The number of anilines is 1. The molecule has 1 N–H and O–H groups in total. The molecule has 0 radical (unpaired) electrons. The molecule has 0 spiro atoms. The third-order valence-corrected chi connectivity index (χ3v) is 2.51. The van der Waals surface area contributed by atoms with Crippen molar-refractivity contribution in [3.05, 3.63) is 42.5 Å². The molecule has 18 heavy (non-hydrogen) atoms. The fourth-order valence-corrected chi connectivity index (χ4v) is 1.58. The lowest BCUT2D eigenvalue weighted by Crippen LogP contribution is -2.22. The van der Waals surface area contributed by atoms with Crippen LogP contribution in [0.1, 0.15) is 5.56 Å². The number of hydrogen-bond donors (Lipinski definition) is 1. The van der Waals surface area contributed by atoms with Gasteiger partial charge in [0.2, 0.25) is 0 Å². The maximum absolute atomic E-state index is 10.7. The van der Waals surface area contributed by atoms with Crippen LogP contribution >= 0.6 is 0 Å². The normalized spacial score (nSPS) is 10.1. The minimum atomic E-state index is -0.816. The maximum Gasteiger partial charge on any atom is 0.307 e. The second-order valence-electron chi connectivity index (χ2n) is 4.03. The van der Waals surface area contributed by atoms with E-state index in [2.05, 4.69) is 6.58 Å². The van der Waals surface area contributed by atoms with Crippen molar-refractivity contribution in [3.8, 4) is 0 Å². The Bertz CT molecular complexity index is 404. The molecule has 1 aromatic carbocycles. The van der Waals surface area contributed by atoms with Crippen LogP contribution in [-0.2, 0) is 16.0 Å². The first-order valence-corrected chi connectivity index (χ1v) is 5.84. The lowest BCUT2D eigenvalue weighted by molar-refractivity contribution is -0.136. The topological polar surface area (TPSA) is 49.8 Å². The second kappa shape index (κ2) is 7.50. The van der Waals surface area contributed by atoms with Crippen LogP contribution in [-0.4, -0.2) is 37.9 Å². The number of ether oxygens (including phenoxy) is 1. The third kappa shape index (κ3) is 5.01. The minimum Gasteiger partial charge on any atom is -0.481 e. The zero-order chi connectivity index (χ0) is 13.4. The Hall–Kier alpha value is -1.81. The van der Waals surface area contributed by atoms with E-state index in [0.717, 1.165) is 17.8 Å². The van der Waals surface area contributed by atoms with E-state index in [1.165, 1.54) is 0 Å². The van der Waals surface area contributed by atoms with Crippen molar-refractivity contribution >= 4 is 11.7 Å². The highest BCUT2D eigenvalue weighted by molar-refractivity contribution is 5.70. The molecule has 98 valence electrons. The van der Waals surface area contributed by atoms with Crippen molar-refractivity contribution in [2.75, 3.05) is 31.7 Å². The van der Waals surface area contributed by atoms with E-state index in [0.29, 0.717) is 13.2 Å². The molecule has 0 fully saturated rings. The average molecular weight is 249 g/mol. The number of carbonyl (C=O) groups is 1. The number of benzene rings is 1. The van der Waals surface area contributed by atoms with Crippen molar-refractivity contribution in [2.45, 2.75) is 6.42 Å². The standard InChI is InChI=1S/C14H19NO3/c1-3-8-18-9-7-15(2)13-6-4-5-12(10-13)11-14(16)17/h3-6,10H,1,7-9,11H2,2H3,(H,16,17). The van der Waals surface area contributed by atoms with Crippen LogP contribution in [0, 0.1) is 0 Å². The lowest BCUT2D eigenvalue weighted by atomic mass is 10.1. The first-order valence-electron chi connectivity index (χ1n) is 5.84. The van der Waals surface area contributed by atoms with Crippen molar-refractivity contribution in [2.24, 2.45) is 0 Å². The van der Waals surface area contributed by atoms with Gasteiger partial charge in [-0.05, 0) is 17.7 Å². The molecule has 0 saturated heterocycles. The smallest absolute Gasteiger partial charge is 0.307 e. The highest BCUT2D eigenvalue weighted by Gasteiger charge is 2.04. The van der Waals surface area contributed by atoms with Crippen molar-refractivity contribution in [3.63, 3.8) is 0 Å². The van der Waals surface area contributed by atoms with Gasteiger partial charge in [0, 0.05) is 19.3 Å². The summed E-state index contributed by atoms with van der Waals surface area (Å²) >= 11 is 0. The van der Waals surface area contributed by atoms with Gasteiger partial charge in [-0.2, -0.15) is 0 Å². The molecule has 1 rings (SSSR count). The molecule has 4 heteroatoms. The molecule has 0 heterocycles. The van der Waals surface area contributed by atoms with Crippen LogP contribution in [0.4, 0.5) is 5.69 Å². The van der Waals surface area contributed by atoms with Gasteiger partial charge in [0.25, 0.3) is 0 Å². The first-order chi connectivity index (χ1) is 8.63. The summed E-state index contributed by atoms with van der Waals surface area (Å²) in [4.78, 5) is 12.7. The van der Waals surface area contributed by atoms with E-state index in [1.807, 2.05) is 36.2 Å². The van der Waals surface area contributed by atoms with Crippen LogP contribution in [0.5, 0.6) is 0 Å². The quantitative estimate of drug-likeness (QED) is 0.565. The van der Waals surface area contributed by atoms with Crippen LogP contribution < -0.4 is 4.90 Å². The molecule has 1 aromatic rings. The average Bonchev–Trinajstić information content (AvgIpc) is 2.34. The summed E-state index contributed by atoms with van der Waals surface area (Å²) in [5.41, 5.74) is 1.80. The molecule has 0 saturated carbocycles. The van der Waals surface area contributed by atoms with E-state index < -0.39 is 5.97 Å². The van der Waals surface area contributed by atoms with Gasteiger partial charge < -0.3 is 14.7 Å². The molecule has 0 amide bonds. The summed E-state index contributed by atoms with van der Waals surface area (Å²) in [7, 11) is 1.96. The van der Waals surface area contributed by atoms with E-state index in [9.17, 15) is 4.79 Å². The van der Waals surface area contributed by atoms with Crippen LogP contribution in [0.3, 0.4) is 0 Å².